The number of hydrogen-bond acceptors (Lipinski definition) is 3. The lowest BCUT2D eigenvalue weighted by Crippen LogP contribution is -2.34. The quantitative estimate of drug-likeness (QED) is 0.737. The van der Waals surface area contributed by atoms with Crippen molar-refractivity contribution >= 4 is 5.97 Å². The summed E-state index contributed by atoms with van der Waals surface area (Å²) in [6.45, 7) is 5.01. The minimum absolute atomic E-state index is 0.206. The highest BCUT2D eigenvalue weighted by atomic mass is 16.5. The number of carbonyl (C=O) groups is 1. The van der Waals surface area contributed by atoms with Crippen LogP contribution in [0.15, 0.2) is 30.3 Å². The molecule has 0 spiro atoms. The Labute approximate surface area is 115 Å². The summed E-state index contributed by atoms with van der Waals surface area (Å²) in [5, 5.41) is 0. The maximum Gasteiger partial charge on any atom is 0.338 e. The molecule has 1 heterocycles. The number of rotatable bonds is 6. The Balaban J connectivity index is 1.80. The van der Waals surface area contributed by atoms with Crippen molar-refractivity contribution in [1.29, 1.82) is 0 Å². The zero-order chi connectivity index (χ0) is 13.5. The van der Waals surface area contributed by atoms with Crippen LogP contribution < -0.4 is 0 Å². The molecule has 19 heavy (non-hydrogen) atoms. The molecule has 1 aliphatic rings. The Hall–Kier alpha value is -1.35. The minimum atomic E-state index is -0.206. The van der Waals surface area contributed by atoms with Gasteiger partial charge >= 0.3 is 5.97 Å². The molecule has 0 saturated carbocycles. The standard InChI is InChI=1S/C16H23NO2/c1-2-3-11-17-12-7-10-15(17)13-19-16(18)14-8-5-4-6-9-14/h4-6,8-9,15H,2-3,7,10-13H2,1H3. The number of hydrogen-bond donors (Lipinski definition) is 0. The van der Waals surface area contributed by atoms with E-state index in [4.69, 9.17) is 4.74 Å². The number of unbranched alkanes of at least 4 members (excludes halogenated alkanes) is 1. The average molecular weight is 261 g/mol. The second kappa shape index (κ2) is 7.29. The minimum Gasteiger partial charge on any atom is -0.460 e. The first kappa shape index (κ1) is 14.1. The van der Waals surface area contributed by atoms with Crippen molar-refractivity contribution in [3.63, 3.8) is 0 Å². The first-order chi connectivity index (χ1) is 9.31. The van der Waals surface area contributed by atoms with Gasteiger partial charge in [0.15, 0.2) is 0 Å². The van der Waals surface area contributed by atoms with Crippen molar-refractivity contribution < 1.29 is 9.53 Å². The van der Waals surface area contributed by atoms with Gasteiger partial charge in [-0.2, -0.15) is 0 Å². The maximum atomic E-state index is 11.9. The van der Waals surface area contributed by atoms with Crippen molar-refractivity contribution in [1.82, 2.24) is 4.90 Å². The first-order valence-corrected chi connectivity index (χ1v) is 7.27. The molecule has 1 aliphatic heterocycles. The van der Waals surface area contributed by atoms with Gasteiger partial charge in [-0.25, -0.2) is 4.79 Å². The molecule has 1 aromatic rings. The van der Waals surface area contributed by atoms with Crippen LogP contribution in [0.1, 0.15) is 43.0 Å². The number of likely N-dealkylation sites (tertiary alicyclic amines) is 1. The molecule has 1 fully saturated rings. The van der Waals surface area contributed by atoms with E-state index in [0.29, 0.717) is 18.2 Å². The van der Waals surface area contributed by atoms with E-state index in [9.17, 15) is 4.79 Å². The van der Waals surface area contributed by atoms with Crippen molar-refractivity contribution in [2.45, 2.75) is 38.6 Å². The van der Waals surface area contributed by atoms with Crippen molar-refractivity contribution in [3.8, 4) is 0 Å². The van der Waals surface area contributed by atoms with Crippen LogP contribution in [0.2, 0.25) is 0 Å². The summed E-state index contributed by atoms with van der Waals surface area (Å²) in [7, 11) is 0. The normalized spacial score (nSPS) is 19.5. The number of carbonyl (C=O) groups excluding carboxylic acids is 1. The topological polar surface area (TPSA) is 29.5 Å². The van der Waals surface area contributed by atoms with Gasteiger partial charge in [0.2, 0.25) is 0 Å². The lowest BCUT2D eigenvalue weighted by molar-refractivity contribution is 0.0396. The van der Waals surface area contributed by atoms with E-state index in [-0.39, 0.29) is 5.97 Å². The molecule has 0 aromatic heterocycles. The van der Waals surface area contributed by atoms with E-state index in [1.165, 1.54) is 19.3 Å². The van der Waals surface area contributed by atoms with Crippen LogP contribution in [0.4, 0.5) is 0 Å². The number of nitrogens with zero attached hydrogens (tertiary/aromatic N) is 1. The molecular weight excluding hydrogens is 238 g/mol. The number of esters is 1. The Morgan fingerprint density at radius 1 is 1.37 bits per heavy atom. The first-order valence-electron chi connectivity index (χ1n) is 7.27. The van der Waals surface area contributed by atoms with E-state index in [1.54, 1.807) is 12.1 Å². The molecule has 0 bridgehead atoms. The summed E-state index contributed by atoms with van der Waals surface area (Å²) in [5.41, 5.74) is 0.639. The van der Waals surface area contributed by atoms with Gasteiger partial charge in [0.1, 0.15) is 6.61 Å². The smallest absolute Gasteiger partial charge is 0.338 e. The molecule has 0 amide bonds. The van der Waals surface area contributed by atoms with E-state index >= 15 is 0 Å². The lowest BCUT2D eigenvalue weighted by atomic mass is 10.2. The fourth-order valence-electron chi connectivity index (χ4n) is 2.57. The molecule has 3 nitrogen and oxygen atoms in total. The predicted molar refractivity (Wildman–Crippen MR) is 76.2 cm³/mol. The third kappa shape index (κ3) is 4.06. The Morgan fingerprint density at radius 2 is 2.16 bits per heavy atom. The monoisotopic (exact) mass is 261 g/mol. The van der Waals surface area contributed by atoms with Gasteiger partial charge in [0, 0.05) is 6.04 Å². The van der Waals surface area contributed by atoms with Crippen LogP contribution in [0.25, 0.3) is 0 Å². The van der Waals surface area contributed by atoms with Gasteiger partial charge in [-0.15, -0.1) is 0 Å². The summed E-state index contributed by atoms with van der Waals surface area (Å²) in [6, 6.07) is 9.64. The lowest BCUT2D eigenvalue weighted by Gasteiger charge is -2.23. The average Bonchev–Trinajstić information content (AvgIpc) is 2.91. The summed E-state index contributed by atoms with van der Waals surface area (Å²) in [4.78, 5) is 14.3. The Kier molecular flexibility index (Phi) is 5.40. The third-order valence-corrected chi connectivity index (χ3v) is 3.71. The predicted octanol–water partition coefficient (Wildman–Crippen LogP) is 3.11. The highest BCUT2D eigenvalue weighted by molar-refractivity contribution is 5.89. The second-order valence-electron chi connectivity index (χ2n) is 5.15. The maximum absolute atomic E-state index is 11.9. The van der Waals surface area contributed by atoms with E-state index < -0.39 is 0 Å². The molecule has 1 aromatic carbocycles. The van der Waals surface area contributed by atoms with Crippen LogP contribution in [0, 0.1) is 0 Å². The van der Waals surface area contributed by atoms with Gasteiger partial charge in [-0.3, -0.25) is 4.90 Å². The number of benzene rings is 1. The molecule has 2 rings (SSSR count). The summed E-state index contributed by atoms with van der Waals surface area (Å²) >= 11 is 0. The van der Waals surface area contributed by atoms with Gasteiger partial charge < -0.3 is 4.74 Å². The van der Waals surface area contributed by atoms with Crippen molar-refractivity contribution in [3.05, 3.63) is 35.9 Å². The largest absolute Gasteiger partial charge is 0.460 e. The van der Waals surface area contributed by atoms with E-state index in [2.05, 4.69) is 11.8 Å². The van der Waals surface area contributed by atoms with Gasteiger partial charge in [0.25, 0.3) is 0 Å². The second-order valence-corrected chi connectivity index (χ2v) is 5.15. The molecule has 0 radical (unpaired) electrons. The Morgan fingerprint density at radius 3 is 2.89 bits per heavy atom. The zero-order valence-corrected chi connectivity index (χ0v) is 11.7. The molecule has 1 atom stereocenters. The van der Waals surface area contributed by atoms with Gasteiger partial charge in [-0.05, 0) is 44.5 Å². The summed E-state index contributed by atoms with van der Waals surface area (Å²) < 4.78 is 5.44. The highest BCUT2D eigenvalue weighted by Crippen LogP contribution is 2.18. The van der Waals surface area contributed by atoms with Crippen LogP contribution in [-0.2, 0) is 4.74 Å². The van der Waals surface area contributed by atoms with E-state index in [1.807, 2.05) is 18.2 Å². The highest BCUT2D eigenvalue weighted by Gasteiger charge is 2.25. The molecule has 0 aliphatic carbocycles. The van der Waals surface area contributed by atoms with Crippen LogP contribution in [0.3, 0.4) is 0 Å². The molecule has 1 unspecified atom stereocenters. The molecule has 3 heteroatoms. The van der Waals surface area contributed by atoms with E-state index in [0.717, 1.165) is 19.5 Å². The van der Waals surface area contributed by atoms with Crippen LogP contribution in [-0.4, -0.2) is 36.6 Å². The fraction of sp³-hybridized carbons (Fsp3) is 0.562. The van der Waals surface area contributed by atoms with Gasteiger partial charge in [-0.1, -0.05) is 31.5 Å². The summed E-state index contributed by atoms with van der Waals surface area (Å²) in [6.07, 6.45) is 4.80. The van der Waals surface area contributed by atoms with Gasteiger partial charge in [0.05, 0.1) is 5.56 Å². The summed E-state index contributed by atoms with van der Waals surface area (Å²) in [5.74, 6) is -0.206. The molecule has 1 saturated heterocycles. The zero-order valence-electron chi connectivity index (χ0n) is 11.7. The Bertz CT molecular complexity index is 391. The fourth-order valence-corrected chi connectivity index (χ4v) is 2.57. The third-order valence-electron chi connectivity index (χ3n) is 3.71. The molecule has 0 N–H and O–H groups in total. The van der Waals surface area contributed by atoms with Crippen molar-refractivity contribution in [2.24, 2.45) is 0 Å². The van der Waals surface area contributed by atoms with Crippen molar-refractivity contribution in [2.75, 3.05) is 19.7 Å². The molecular formula is C16H23NO2. The SMILES string of the molecule is CCCCN1CCCC1COC(=O)c1ccccc1. The van der Waals surface area contributed by atoms with Crippen LogP contribution >= 0.6 is 0 Å². The van der Waals surface area contributed by atoms with Crippen LogP contribution in [0.5, 0.6) is 0 Å². The number of ether oxygens (including phenoxy) is 1. The molecule has 104 valence electrons.